The Morgan fingerprint density at radius 1 is 1.33 bits per heavy atom. The number of ether oxygens (including phenoxy) is 1. The smallest absolute Gasteiger partial charge is 0.107 e. The van der Waals surface area contributed by atoms with Gasteiger partial charge in [-0.3, -0.25) is 0 Å². The average molecular weight is 226 g/mol. The monoisotopic (exact) mass is 226 g/mol. The molecule has 1 aromatic rings. The van der Waals surface area contributed by atoms with Crippen molar-refractivity contribution in [1.29, 1.82) is 0 Å². The molecule has 2 nitrogen and oxygen atoms in total. The lowest BCUT2D eigenvalue weighted by Crippen LogP contribution is -2.88. The van der Waals surface area contributed by atoms with Crippen LogP contribution in [-0.2, 0) is 11.3 Å². The molecule has 0 saturated carbocycles. The van der Waals surface area contributed by atoms with Crippen molar-refractivity contribution in [1.82, 2.24) is 0 Å². The van der Waals surface area contributed by atoms with E-state index in [1.807, 2.05) is 0 Å². The van der Waals surface area contributed by atoms with Gasteiger partial charge in [0, 0.05) is 17.6 Å². The zero-order valence-electron chi connectivity index (χ0n) is 9.69. The van der Waals surface area contributed by atoms with Gasteiger partial charge in [0.15, 0.2) is 0 Å². The summed E-state index contributed by atoms with van der Waals surface area (Å²) >= 11 is 1.78. The summed E-state index contributed by atoms with van der Waals surface area (Å²) in [4.78, 5) is 1.32. The zero-order valence-corrected chi connectivity index (χ0v) is 10.5. The van der Waals surface area contributed by atoms with Gasteiger partial charge in [0.2, 0.25) is 0 Å². The maximum absolute atomic E-state index is 5.09. The fourth-order valence-electron chi connectivity index (χ4n) is 1.43. The number of benzene rings is 1. The quantitative estimate of drug-likeness (QED) is 0.744. The van der Waals surface area contributed by atoms with Crippen LogP contribution in [-0.4, -0.2) is 26.0 Å². The molecule has 0 aliphatic carbocycles. The Morgan fingerprint density at radius 2 is 2.00 bits per heavy atom. The normalized spacial score (nSPS) is 12.7. The standard InChI is InChI=1S/C12H19NOS/c1-10(9-14-2)13-8-11-4-6-12(15-3)7-5-11/h4-7,10,13H,8-9H2,1-3H3/p+1/t10-/m1/s1. The largest absolute Gasteiger partial charge is 0.379 e. The molecule has 0 aliphatic rings. The van der Waals surface area contributed by atoms with Gasteiger partial charge >= 0.3 is 0 Å². The van der Waals surface area contributed by atoms with E-state index in [9.17, 15) is 0 Å². The summed E-state index contributed by atoms with van der Waals surface area (Å²) in [6.07, 6.45) is 2.10. The van der Waals surface area contributed by atoms with E-state index in [-0.39, 0.29) is 0 Å². The summed E-state index contributed by atoms with van der Waals surface area (Å²) < 4.78 is 5.09. The molecule has 0 unspecified atom stereocenters. The number of hydrogen-bond donors (Lipinski definition) is 1. The van der Waals surface area contributed by atoms with Crippen LogP contribution in [0.5, 0.6) is 0 Å². The highest BCUT2D eigenvalue weighted by molar-refractivity contribution is 7.98. The van der Waals surface area contributed by atoms with E-state index in [0.717, 1.165) is 13.2 Å². The van der Waals surface area contributed by atoms with Crippen molar-refractivity contribution >= 4 is 11.8 Å². The maximum Gasteiger partial charge on any atom is 0.107 e. The molecule has 1 atom stereocenters. The van der Waals surface area contributed by atoms with Gasteiger partial charge in [0.05, 0.1) is 6.61 Å². The first-order valence-electron chi connectivity index (χ1n) is 5.21. The van der Waals surface area contributed by atoms with Crippen LogP contribution in [0.25, 0.3) is 0 Å². The molecule has 0 radical (unpaired) electrons. The van der Waals surface area contributed by atoms with E-state index in [4.69, 9.17) is 4.74 Å². The SMILES string of the molecule is COC[C@@H](C)[NH2+]Cc1ccc(SC)cc1. The first kappa shape index (κ1) is 12.6. The molecule has 0 bridgehead atoms. The van der Waals surface area contributed by atoms with Gasteiger partial charge in [-0.15, -0.1) is 11.8 Å². The number of methoxy groups -OCH3 is 1. The first-order valence-corrected chi connectivity index (χ1v) is 6.44. The van der Waals surface area contributed by atoms with Gasteiger partial charge in [-0.05, 0) is 25.3 Å². The first-order chi connectivity index (χ1) is 7.26. The summed E-state index contributed by atoms with van der Waals surface area (Å²) in [6, 6.07) is 9.27. The molecule has 0 aliphatic heterocycles. The number of nitrogens with two attached hydrogens (primary N) is 1. The second kappa shape index (κ2) is 6.88. The van der Waals surface area contributed by atoms with Gasteiger partial charge in [-0.2, -0.15) is 0 Å². The molecule has 1 rings (SSSR count). The second-order valence-corrected chi connectivity index (χ2v) is 4.60. The van der Waals surface area contributed by atoms with E-state index in [2.05, 4.69) is 42.8 Å². The third-order valence-electron chi connectivity index (χ3n) is 2.34. The van der Waals surface area contributed by atoms with Crippen LogP contribution in [0.3, 0.4) is 0 Å². The molecule has 0 amide bonds. The average Bonchev–Trinajstić information content (AvgIpc) is 2.27. The summed E-state index contributed by atoms with van der Waals surface area (Å²) in [5.74, 6) is 0. The van der Waals surface area contributed by atoms with E-state index in [1.165, 1.54) is 10.5 Å². The predicted molar refractivity (Wildman–Crippen MR) is 65.2 cm³/mol. The van der Waals surface area contributed by atoms with Crippen molar-refractivity contribution < 1.29 is 10.1 Å². The zero-order chi connectivity index (χ0) is 11.1. The second-order valence-electron chi connectivity index (χ2n) is 3.72. The fraction of sp³-hybridized carbons (Fsp3) is 0.500. The van der Waals surface area contributed by atoms with Crippen LogP contribution < -0.4 is 5.32 Å². The molecule has 0 aromatic heterocycles. The Bertz CT molecular complexity index is 273. The van der Waals surface area contributed by atoms with Crippen molar-refractivity contribution in [2.24, 2.45) is 0 Å². The Hall–Kier alpha value is -0.510. The van der Waals surface area contributed by atoms with Crippen LogP contribution in [0.2, 0.25) is 0 Å². The van der Waals surface area contributed by atoms with Gasteiger partial charge in [0.1, 0.15) is 12.6 Å². The van der Waals surface area contributed by atoms with E-state index < -0.39 is 0 Å². The van der Waals surface area contributed by atoms with Crippen LogP contribution in [0.4, 0.5) is 0 Å². The van der Waals surface area contributed by atoms with Gasteiger partial charge in [0.25, 0.3) is 0 Å². The van der Waals surface area contributed by atoms with Crippen molar-refractivity contribution in [3.05, 3.63) is 29.8 Å². The third kappa shape index (κ3) is 4.69. The van der Waals surface area contributed by atoms with Gasteiger partial charge in [-0.1, -0.05) is 12.1 Å². The van der Waals surface area contributed by atoms with Crippen molar-refractivity contribution in [2.45, 2.75) is 24.4 Å². The van der Waals surface area contributed by atoms with Crippen LogP contribution >= 0.6 is 11.8 Å². The highest BCUT2D eigenvalue weighted by Gasteiger charge is 2.03. The molecule has 0 fully saturated rings. The molecular weight excluding hydrogens is 206 g/mol. The molecule has 1 aromatic carbocycles. The molecule has 0 heterocycles. The van der Waals surface area contributed by atoms with Crippen LogP contribution in [0.1, 0.15) is 12.5 Å². The Balaban J connectivity index is 2.37. The Kier molecular flexibility index (Phi) is 5.76. The summed E-state index contributed by atoms with van der Waals surface area (Å²) in [6.45, 7) is 4.02. The molecular formula is C12H20NOS+. The lowest BCUT2D eigenvalue weighted by atomic mass is 10.2. The third-order valence-corrected chi connectivity index (χ3v) is 3.09. The van der Waals surface area contributed by atoms with E-state index in [1.54, 1.807) is 18.9 Å². The number of rotatable bonds is 6. The summed E-state index contributed by atoms with van der Waals surface area (Å²) in [5, 5.41) is 2.30. The van der Waals surface area contributed by atoms with Crippen molar-refractivity contribution in [2.75, 3.05) is 20.0 Å². The number of quaternary nitrogens is 1. The summed E-state index contributed by atoms with van der Waals surface area (Å²) in [5.41, 5.74) is 1.37. The Labute approximate surface area is 96.4 Å². The van der Waals surface area contributed by atoms with Gasteiger partial charge < -0.3 is 10.1 Å². The van der Waals surface area contributed by atoms with Crippen LogP contribution in [0, 0.1) is 0 Å². The lowest BCUT2D eigenvalue weighted by molar-refractivity contribution is -0.702. The number of hydrogen-bond acceptors (Lipinski definition) is 2. The maximum atomic E-state index is 5.09. The highest BCUT2D eigenvalue weighted by atomic mass is 32.2. The molecule has 0 saturated heterocycles. The molecule has 15 heavy (non-hydrogen) atoms. The summed E-state index contributed by atoms with van der Waals surface area (Å²) in [7, 11) is 1.75. The topological polar surface area (TPSA) is 25.8 Å². The van der Waals surface area contributed by atoms with E-state index >= 15 is 0 Å². The van der Waals surface area contributed by atoms with Crippen molar-refractivity contribution in [3.63, 3.8) is 0 Å². The molecule has 3 heteroatoms. The predicted octanol–water partition coefficient (Wildman–Crippen LogP) is 1.51. The minimum atomic E-state index is 0.523. The van der Waals surface area contributed by atoms with Gasteiger partial charge in [-0.25, -0.2) is 0 Å². The minimum Gasteiger partial charge on any atom is -0.379 e. The fourth-order valence-corrected chi connectivity index (χ4v) is 1.84. The Morgan fingerprint density at radius 3 is 2.53 bits per heavy atom. The molecule has 2 N–H and O–H groups in total. The highest BCUT2D eigenvalue weighted by Crippen LogP contribution is 2.14. The lowest BCUT2D eigenvalue weighted by Gasteiger charge is -2.09. The minimum absolute atomic E-state index is 0.523. The molecule has 0 spiro atoms. The van der Waals surface area contributed by atoms with Crippen molar-refractivity contribution in [3.8, 4) is 0 Å². The molecule has 84 valence electrons. The van der Waals surface area contributed by atoms with Crippen LogP contribution in [0.15, 0.2) is 29.2 Å². The van der Waals surface area contributed by atoms with E-state index in [0.29, 0.717) is 6.04 Å². The number of thioether (sulfide) groups is 1.